The highest BCUT2D eigenvalue weighted by atomic mass is 16.2. The van der Waals surface area contributed by atoms with Gasteiger partial charge in [-0.15, -0.1) is 0 Å². The highest BCUT2D eigenvalue weighted by Gasteiger charge is 2.16. The topological polar surface area (TPSA) is 125 Å². The number of carbonyl (C=O) groups is 2. The number of aromatic nitrogens is 4. The summed E-state index contributed by atoms with van der Waals surface area (Å²) >= 11 is 0. The molecule has 2 aromatic heterocycles. The number of hydrogen-bond acceptors (Lipinski definition) is 5. The number of amides is 2. The maximum Gasteiger partial charge on any atom is 0.332 e. The Morgan fingerprint density at radius 3 is 2.52 bits per heavy atom. The van der Waals surface area contributed by atoms with Crippen molar-refractivity contribution < 1.29 is 9.59 Å². The third-order valence-electron chi connectivity index (χ3n) is 3.60. The maximum absolute atomic E-state index is 12.2. The van der Waals surface area contributed by atoms with Crippen LogP contribution in [0.4, 0.5) is 0 Å². The fourth-order valence-electron chi connectivity index (χ4n) is 2.30. The van der Waals surface area contributed by atoms with Gasteiger partial charge in [0.15, 0.2) is 11.2 Å². The fraction of sp³-hybridized carbons (Fsp3) is 0.462. The van der Waals surface area contributed by atoms with Crippen LogP contribution in [-0.2, 0) is 30.2 Å². The van der Waals surface area contributed by atoms with Crippen molar-refractivity contribution in [3.05, 3.63) is 27.2 Å². The summed E-state index contributed by atoms with van der Waals surface area (Å²) in [4.78, 5) is 52.1. The van der Waals surface area contributed by atoms with E-state index in [1.165, 1.54) is 41.5 Å². The molecule has 10 heteroatoms. The summed E-state index contributed by atoms with van der Waals surface area (Å²) in [6, 6.07) is 0. The molecule has 0 aliphatic heterocycles. The van der Waals surface area contributed by atoms with Crippen LogP contribution in [0.3, 0.4) is 0 Å². The van der Waals surface area contributed by atoms with Gasteiger partial charge in [0.1, 0.15) is 0 Å². The number of nitrogens with zero attached hydrogens (tertiary/aromatic N) is 5. The first kappa shape index (κ1) is 16.5. The maximum atomic E-state index is 12.2. The third kappa shape index (κ3) is 3.00. The third-order valence-corrected chi connectivity index (χ3v) is 3.60. The van der Waals surface area contributed by atoms with Crippen LogP contribution in [0, 0.1) is 0 Å². The second-order valence-electron chi connectivity index (χ2n) is 5.28. The molecule has 2 N–H and O–H groups in total. The number of primary amides is 1. The number of imidazole rings is 1. The van der Waals surface area contributed by atoms with Gasteiger partial charge in [-0.1, -0.05) is 0 Å². The second-order valence-corrected chi connectivity index (χ2v) is 5.28. The number of fused-ring (bicyclic) bond motifs is 1. The first-order valence-electron chi connectivity index (χ1n) is 6.87. The summed E-state index contributed by atoms with van der Waals surface area (Å²) in [7, 11) is 4.38. The predicted octanol–water partition coefficient (Wildman–Crippen LogP) is -2.23. The van der Waals surface area contributed by atoms with E-state index in [2.05, 4.69) is 4.98 Å². The monoisotopic (exact) mass is 322 g/mol. The first-order chi connectivity index (χ1) is 10.7. The zero-order chi connectivity index (χ0) is 17.3. The van der Waals surface area contributed by atoms with Gasteiger partial charge in [0.25, 0.3) is 5.56 Å². The summed E-state index contributed by atoms with van der Waals surface area (Å²) in [6.07, 6.45) is 1.48. The molecule has 0 aromatic carbocycles. The minimum atomic E-state index is -0.599. The van der Waals surface area contributed by atoms with E-state index in [0.29, 0.717) is 0 Å². The summed E-state index contributed by atoms with van der Waals surface area (Å²) in [6.45, 7) is 0.0334. The summed E-state index contributed by atoms with van der Waals surface area (Å²) in [5.74, 6) is -0.884. The lowest BCUT2D eigenvalue weighted by molar-refractivity contribution is -0.133. The Bertz CT molecular complexity index is 890. The molecule has 2 amide bonds. The molecule has 0 aliphatic rings. The van der Waals surface area contributed by atoms with Gasteiger partial charge in [0.05, 0.1) is 12.9 Å². The molecule has 2 rings (SSSR count). The van der Waals surface area contributed by atoms with Crippen LogP contribution in [0.5, 0.6) is 0 Å². The van der Waals surface area contributed by atoms with Crippen molar-refractivity contribution in [2.24, 2.45) is 19.8 Å². The Morgan fingerprint density at radius 2 is 1.91 bits per heavy atom. The minimum absolute atomic E-state index is 0.0707. The molecule has 0 fully saturated rings. The number of nitrogens with two attached hydrogens (primary N) is 1. The number of aryl methyl sites for hydroxylation is 2. The zero-order valence-electron chi connectivity index (χ0n) is 13.1. The summed E-state index contributed by atoms with van der Waals surface area (Å²) in [5, 5.41) is 0. The fourth-order valence-corrected chi connectivity index (χ4v) is 2.30. The van der Waals surface area contributed by atoms with E-state index in [-0.39, 0.29) is 36.6 Å². The second kappa shape index (κ2) is 6.07. The molecule has 0 atom stereocenters. The molecule has 0 aliphatic carbocycles. The molecule has 124 valence electrons. The van der Waals surface area contributed by atoms with E-state index >= 15 is 0 Å². The van der Waals surface area contributed by atoms with Gasteiger partial charge in [0, 0.05) is 34.1 Å². The number of hydrogen-bond donors (Lipinski definition) is 1. The van der Waals surface area contributed by atoms with Crippen LogP contribution >= 0.6 is 0 Å². The van der Waals surface area contributed by atoms with Crippen molar-refractivity contribution in [3.63, 3.8) is 0 Å². The Balaban J connectivity index is 2.29. The van der Waals surface area contributed by atoms with E-state index < -0.39 is 17.2 Å². The van der Waals surface area contributed by atoms with E-state index in [1.807, 2.05) is 0 Å². The van der Waals surface area contributed by atoms with Crippen LogP contribution in [0.1, 0.15) is 6.42 Å². The van der Waals surface area contributed by atoms with E-state index in [9.17, 15) is 19.2 Å². The van der Waals surface area contributed by atoms with Crippen LogP contribution in [0.25, 0.3) is 11.2 Å². The number of carbonyl (C=O) groups excluding carboxylic acids is 2. The average Bonchev–Trinajstić information content (AvgIpc) is 2.91. The normalized spacial score (nSPS) is 10.9. The largest absolute Gasteiger partial charge is 0.368 e. The highest BCUT2D eigenvalue weighted by Crippen LogP contribution is 2.06. The van der Waals surface area contributed by atoms with E-state index in [0.717, 1.165) is 4.57 Å². The van der Waals surface area contributed by atoms with Gasteiger partial charge in [-0.25, -0.2) is 9.78 Å². The lowest BCUT2D eigenvalue weighted by Crippen LogP contribution is -2.38. The molecule has 0 saturated carbocycles. The molecule has 2 heterocycles. The standard InChI is InChI=1S/C13H18N6O4/c1-16(6-8(14)20)9(21)4-5-19-7-15-11-10(19)12(22)18(3)13(23)17(11)2/h7H,4-6H2,1-3H3,(H2,14,20). The van der Waals surface area contributed by atoms with Crippen molar-refractivity contribution >= 4 is 23.0 Å². The van der Waals surface area contributed by atoms with Crippen molar-refractivity contribution in [2.75, 3.05) is 13.6 Å². The van der Waals surface area contributed by atoms with Gasteiger partial charge in [-0.3, -0.25) is 23.5 Å². The minimum Gasteiger partial charge on any atom is -0.368 e. The Hall–Kier alpha value is -2.91. The van der Waals surface area contributed by atoms with Crippen molar-refractivity contribution in [2.45, 2.75) is 13.0 Å². The van der Waals surface area contributed by atoms with Crippen LogP contribution in [0.2, 0.25) is 0 Å². The SMILES string of the molecule is CN(CC(N)=O)C(=O)CCn1cnc2c1c(=O)n(C)c(=O)n2C. The van der Waals surface area contributed by atoms with Crippen molar-refractivity contribution in [1.29, 1.82) is 0 Å². The Kier molecular flexibility index (Phi) is 4.34. The van der Waals surface area contributed by atoms with Crippen LogP contribution in [0.15, 0.2) is 15.9 Å². The van der Waals surface area contributed by atoms with Crippen LogP contribution in [-0.4, -0.2) is 49.0 Å². The lowest BCUT2D eigenvalue weighted by Gasteiger charge is -2.15. The smallest absolute Gasteiger partial charge is 0.332 e. The van der Waals surface area contributed by atoms with Crippen molar-refractivity contribution in [3.8, 4) is 0 Å². The van der Waals surface area contributed by atoms with Gasteiger partial charge in [-0.05, 0) is 0 Å². The molecule has 0 saturated heterocycles. The van der Waals surface area contributed by atoms with Gasteiger partial charge >= 0.3 is 5.69 Å². The molecule has 0 bridgehead atoms. The number of likely N-dealkylation sites (N-methyl/N-ethyl adjacent to an activating group) is 1. The first-order valence-corrected chi connectivity index (χ1v) is 6.87. The zero-order valence-corrected chi connectivity index (χ0v) is 13.1. The average molecular weight is 322 g/mol. The molecular weight excluding hydrogens is 304 g/mol. The number of rotatable bonds is 5. The van der Waals surface area contributed by atoms with E-state index in [4.69, 9.17) is 5.73 Å². The molecule has 2 aromatic rings. The molecule has 0 unspecified atom stereocenters. The van der Waals surface area contributed by atoms with E-state index in [1.54, 1.807) is 0 Å². The van der Waals surface area contributed by atoms with Crippen molar-refractivity contribution in [1.82, 2.24) is 23.6 Å². The Morgan fingerprint density at radius 1 is 1.26 bits per heavy atom. The van der Waals surface area contributed by atoms with Gasteiger partial charge in [0.2, 0.25) is 11.8 Å². The molecule has 0 radical (unpaired) electrons. The predicted molar refractivity (Wildman–Crippen MR) is 81.7 cm³/mol. The lowest BCUT2D eigenvalue weighted by atomic mass is 10.3. The highest BCUT2D eigenvalue weighted by molar-refractivity contribution is 5.83. The van der Waals surface area contributed by atoms with Gasteiger partial charge in [-0.2, -0.15) is 0 Å². The Labute approximate surface area is 130 Å². The quantitative estimate of drug-likeness (QED) is 0.667. The molecular formula is C13H18N6O4. The van der Waals surface area contributed by atoms with Crippen LogP contribution < -0.4 is 17.0 Å². The van der Waals surface area contributed by atoms with Gasteiger partial charge < -0.3 is 15.2 Å². The summed E-state index contributed by atoms with van der Waals surface area (Å²) < 4.78 is 3.78. The molecule has 23 heavy (non-hydrogen) atoms. The molecule has 0 spiro atoms. The summed E-state index contributed by atoms with van der Waals surface area (Å²) in [5.41, 5.74) is 4.61. The molecule has 10 nitrogen and oxygen atoms in total.